The van der Waals surface area contributed by atoms with Gasteiger partial charge in [0.25, 0.3) is 5.56 Å². The Bertz CT molecular complexity index is 1470. The second kappa shape index (κ2) is 9.55. The first-order valence-electron chi connectivity index (χ1n) is 10.7. The van der Waals surface area contributed by atoms with Gasteiger partial charge in [0, 0.05) is 29.0 Å². The quantitative estimate of drug-likeness (QED) is 0.436. The third-order valence-corrected chi connectivity index (χ3v) is 5.30. The van der Waals surface area contributed by atoms with Crippen molar-refractivity contribution in [1.82, 2.24) is 14.5 Å². The van der Waals surface area contributed by atoms with Crippen LogP contribution in [0.4, 0.5) is 4.39 Å². The number of benzene rings is 1. The third-order valence-electron chi connectivity index (χ3n) is 5.30. The molecule has 0 amide bonds. The average molecular weight is 456 g/mol. The topological polar surface area (TPSA) is 90.0 Å². The van der Waals surface area contributed by atoms with E-state index in [2.05, 4.69) is 9.97 Å². The highest BCUT2D eigenvalue weighted by Gasteiger charge is 2.26. The summed E-state index contributed by atoms with van der Waals surface area (Å²) in [5, 5.41) is 9.54. The summed E-state index contributed by atoms with van der Waals surface area (Å²) in [5.41, 5.74) is 1.94. The molecule has 0 bridgehead atoms. The van der Waals surface area contributed by atoms with Crippen molar-refractivity contribution in [3.05, 3.63) is 88.5 Å². The van der Waals surface area contributed by atoms with Crippen molar-refractivity contribution in [3.8, 4) is 45.6 Å². The fourth-order valence-corrected chi connectivity index (χ4v) is 3.83. The minimum Gasteiger partial charge on any atom is -0.495 e. The lowest BCUT2D eigenvalue weighted by atomic mass is 9.96. The number of hydrogen-bond acceptors (Lipinski definition) is 6. The predicted octanol–water partition coefficient (Wildman–Crippen LogP) is 4.90. The molecule has 4 heterocycles. The zero-order chi connectivity index (χ0) is 24.2. The molecule has 0 unspecified atom stereocenters. The van der Waals surface area contributed by atoms with Gasteiger partial charge in [0.2, 0.25) is 0 Å². The highest BCUT2D eigenvalue weighted by molar-refractivity contribution is 5.79. The Hall–Kier alpha value is -4.51. The summed E-state index contributed by atoms with van der Waals surface area (Å²) >= 11 is 0. The maximum atomic E-state index is 14.4. The molecule has 0 spiro atoms. The van der Waals surface area contributed by atoms with E-state index in [0.717, 1.165) is 0 Å². The molecular formula is C26H21FN4O3. The molecule has 170 valence electrons. The maximum absolute atomic E-state index is 14.4. The molecule has 0 saturated heterocycles. The number of halogens is 1. The van der Waals surface area contributed by atoms with Crippen LogP contribution in [0.5, 0.6) is 11.5 Å². The monoisotopic (exact) mass is 456 g/mol. The van der Waals surface area contributed by atoms with Gasteiger partial charge in [0.15, 0.2) is 0 Å². The molecule has 7 nitrogen and oxygen atoms in total. The summed E-state index contributed by atoms with van der Waals surface area (Å²) in [6.07, 6.45) is 4.68. The van der Waals surface area contributed by atoms with Gasteiger partial charge in [-0.15, -0.1) is 0 Å². The second-order valence-electron chi connectivity index (χ2n) is 7.05. The number of aromatic nitrogens is 3. The number of rotatable bonds is 3. The molecule has 4 aromatic rings. The second-order valence-corrected chi connectivity index (χ2v) is 7.05. The van der Waals surface area contributed by atoms with Gasteiger partial charge in [-0.3, -0.25) is 19.3 Å². The summed E-state index contributed by atoms with van der Waals surface area (Å²) in [4.78, 5) is 22.3. The Morgan fingerprint density at radius 1 is 1.12 bits per heavy atom. The van der Waals surface area contributed by atoms with Crippen LogP contribution < -0.4 is 15.0 Å². The molecule has 5 rings (SSSR count). The normalized spacial score (nSPS) is 11.1. The van der Waals surface area contributed by atoms with E-state index in [0.29, 0.717) is 34.1 Å². The first kappa shape index (κ1) is 22.7. The van der Waals surface area contributed by atoms with Crippen LogP contribution in [0, 0.1) is 17.1 Å². The van der Waals surface area contributed by atoms with Crippen LogP contribution in [0.3, 0.4) is 0 Å². The van der Waals surface area contributed by atoms with Gasteiger partial charge in [-0.25, -0.2) is 4.39 Å². The van der Waals surface area contributed by atoms with Gasteiger partial charge in [-0.05, 0) is 24.3 Å². The van der Waals surface area contributed by atoms with E-state index >= 15 is 0 Å². The predicted molar refractivity (Wildman–Crippen MR) is 125 cm³/mol. The van der Waals surface area contributed by atoms with Crippen molar-refractivity contribution in [2.24, 2.45) is 0 Å². The largest absolute Gasteiger partial charge is 0.495 e. The van der Waals surface area contributed by atoms with Gasteiger partial charge in [-0.2, -0.15) is 5.26 Å². The lowest BCUT2D eigenvalue weighted by Crippen LogP contribution is -2.27. The van der Waals surface area contributed by atoms with Crippen LogP contribution >= 0.6 is 0 Å². The number of ether oxygens (including phenoxy) is 2. The van der Waals surface area contributed by atoms with E-state index in [1.165, 1.54) is 36.2 Å². The van der Waals surface area contributed by atoms with Crippen LogP contribution in [0.15, 0.2) is 65.8 Å². The lowest BCUT2D eigenvalue weighted by molar-refractivity contribution is 0.292. The van der Waals surface area contributed by atoms with Gasteiger partial charge < -0.3 is 9.47 Å². The lowest BCUT2D eigenvalue weighted by Gasteiger charge is -2.24. The highest BCUT2D eigenvalue weighted by Crippen LogP contribution is 2.38. The molecule has 0 radical (unpaired) electrons. The van der Waals surface area contributed by atoms with Gasteiger partial charge in [0.1, 0.15) is 35.7 Å². The molecule has 3 aromatic heterocycles. The van der Waals surface area contributed by atoms with E-state index in [1.807, 2.05) is 19.9 Å². The number of nitrogens with zero attached hydrogens (tertiary/aromatic N) is 4. The molecule has 0 N–H and O–H groups in total. The maximum Gasteiger partial charge on any atom is 0.263 e. The van der Waals surface area contributed by atoms with Gasteiger partial charge in [-0.1, -0.05) is 26.0 Å². The first-order chi connectivity index (χ1) is 16.6. The zero-order valence-electron chi connectivity index (χ0n) is 18.9. The van der Waals surface area contributed by atoms with E-state index < -0.39 is 11.4 Å². The minimum absolute atomic E-state index is 0.120. The van der Waals surface area contributed by atoms with Crippen molar-refractivity contribution in [1.29, 1.82) is 5.26 Å². The summed E-state index contributed by atoms with van der Waals surface area (Å²) in [6.45, 7) is 4.12. The SMILES string of the molecule is CC.COc1cncc(-n2c3c(cc(-c4cccc(F)c4C#N)c2=O)-c2ncccc2OC3)c1. The Morgan fingerprint density at radius 2 is 1.94 bits per heavy atom. The number of fused-ring (bicyclic) bond motifs is 3. The fourth-order valence-electron chi connectivity index (χ4n) is 3.83. The molecular weight excluding hydrogens is 435 g/mol. The van der Waals surface area contributed by atoms with E-state index in [4.69, 9.17) is 9.47 Å². The molecule has 8 heteroatoms. The minimum atomic E-state index is -0.696. The van der Waals surface area contributed by atoms with Crippen LogP contribution in [-0.4, -0.2) is 21.6 Å². The molecule has 34 heavy (non-hydrogen) atoms. The van der Waals surface area contributed by atoms with Crippen molar-refractivity contribution >= 4 is 0 Å². The van der Waals surface area contributed by atoms with Crippen LogP contribution in [0.1, 0.15) is 25.1 Å². The van der Waals surface area contributed by atoms with E-state index in [-0.39, 0.29) is 23.3 Å². The summed E-state index contributed by atoms with van der Waals surface area (Å²) < 4.78 is 26.9. The molecule has 0 saturated carbocycles. The zero-order valence-corrected chi connectivity index (χ0v) is 18.9. The van der Waals surface area contributed by atoms with Crippen LogP contribution in [0.25, 0.3) is 28.1 Å². The number of methoxy groups -OCH3 is 1. The molecule has 1 aliphatic rings. The van der Waals surface area contributed by atoms with Crippen molar-refractivity contribution in [2.75, 3.05) is 7.11 Å². The summed E-state index contributed by atoms with van der Waals surface area (Å²) in [6, 6.07) is 12.9. The molecule has 0 atom stereocenters. The number of nitriles is 1. The smallest absolute Gasteiger partial charge is 0.263 e. The average Bonchev–Trinajstić information content (AvgIpc) is 2.89. The Labute approximate surface area is 195 Å². The fraction of sp³-hybridized carbons (Fsp3) is 0.154. The standard InChI is InChI=1S/C24H15FN4O3.C2H6/c1-31-15-8-14(11-27-12-15)29-21-13-32-22-6-3-7-28-23(22)18(21)9-17(24(29)30)16-4-2-5-20(25)19(16)10-26;1-2/h2-9,11-12H,13H2,1H3;1-2H3. The molecule has 1 aromatic carbocycles. The van der Waals surface area contributed by atoms with Gasteiger partial charge >= 0.3 is 0 Å². The summed E-state index contributed by atoms with van der Waals surface area (Å²) in [7, 11) is 1.50. The third kappa shape index (κ3) is 3.77. The molecule has 1 aliphatic heterocycles. The van der Waals surface area contributed by atoms with Gasteiger partial charge in [0.05, 0.1) is 36.4 Å². The first-order valence-corrected chi connectivity index (χ1v) is 10.7. The Morgan fingerprint density at radius 3 is 2.71 bits per heavy atom. The van der Waals surface area contributed by atoms with Crippen molar-refractivity contribution in [2.45, 2.75) is 20.5 Å². The van der Waals surface area contributed by atoms with E-state index in [1.54, 1.807) is 36.5 Å². The molecule has 0 fully saturated rings. The van der Waals surface area contributed by atoms with Crippen molar-refractivity contribution < 1.29 is 13.9 Å². The molecule has 0 aliphatic carbocycles. The van der Waals surface area contributed by atoms with Crippen LogP contribution in [-0.2, 0) is 6.61 Å². The van der Waals surface area contributed by atoms with Crippen LogP contribution in [0.2, 0.25) is 0 Å². The summed E-state index contributed by atoms with van der Waals surface area (Å²) in [5.74, 6) is 0.338. The number of hydrogen-bond donors (Lipinski definition) is 0. The van der Waals surface area contributed by atoms with Crippen molar-refractivity contribution in [3.63, 3.8) is 0 Å². The number of pyridine rings is 3. The Kier molecular flexibility index (Phi) is 6.37. The van der Waals surface area contributed by atoms with E-state index in [9.17, 15) is 14.4 Å². The Balaban J connectivity index is 0.00000133. The highest BCUT2D eigenvalue weighted by atomic mass is 19.1.